The molecule has 1 aromatic heterocycles. The molecule has 2 aliphatic heterocycles. The van der Waals surface area contributed by atoms with Crippen LogP contribution >= 0.6 is 11.6 Å². The second-order valence-corrected chi connectivity index (χ2v) is 8.21. The van der Waals surface area contributed by atoms with Crippen molar-refractivity contribution in [3.8, 4) is 0 Å². The van der Waals surface area contributed by atoms with Crippen LogP contribution in [0.3, 0.4) is 0 Å². The normalized spacial score (nSPS) is 18.2. The van der Waals surface area contributed by atoms with E-state index in [1.807, 2.05) is 12.1 Å². The second kappa shape index (κ2) is 7.26. The molecule has 0 aliphatic carbocycles. The summed E-state index contributed by atoms with van der Waals surface area (Å²) in [7, 11) is 0. The Balaban J connectivity index is 1.66. The Hall–Kier alpha value is -2.30. The number of nitrogens with zero attached hydrogens (tertiary/aromatic N) is 2. The van der Waals surface area contributed by atoms with E-state index >= 15 is 0 Å². The molecule has 0 saturated carbocycles. The van der Waals surface area contributed by atoms with Gasteiger partial charge in [-0.15, -0.1) is 0 Å². The zero-order chi connectivity index (χ0) is 19.1. The standard InChI is InChI=1S/C23H24ClN3O/c24-17-8-9-20-18(14-17)19(22-23(28)25-10-13-27(20)22)15-21(26-11-4-5-12-26)16-6-2-1-3-7-16/h1-3,6-9,14,21H,4-5,10-13,15H2,(H,25,28). The van der Waals surface area contributed by atoms with Crippen molar-refractivity contribution in [2.24, 2.45) is 0 Å². The van der Waals surface area contributed by atoms with Crippen LogP contribution in [0.25, 0.3) is 10.9 Å². The lowest BCUT2D eigenvalue weighted by atomic mass is 9.95. The van der Waals surface area contributed by atoms with Gasteiger partial charge in [-0.1, -0.05) is 41.9 Å². The molecule has 1 saturated heterocycles. The van der Waals surface area contributed by atoms with Gasteiger partial charge in [0.25, 0.3) is 5.91 Å². The molecule has 1 atom stereocenters. The number of halogens is 1. The van der Waals surface area contributed by atoms with Gasteiger partial charge in [-0.25, -0.2) is 0 Å². The number of rotatable bonds is 4. The monoisotopic (exact) mass is 393 g/mol. The number of fused-ring (bicyclic) bond motifs is 3. The molecule has 3 heterocycles. The second-order valence-electron chi connectivity index (χ2n) is 7.77. The number of nitrogens with one attached hydrogen (secondary N) is 1. The summed E-state index contributed by atoms with van der Waals surface area (Å²) in [6, 6.07) is 17.0. The molecule has 1 N–H and O–H groups in total. The molecule has 4 nitrogen and oxygen atoms in total. The number of aromatic nitrogens is 1. The summed E-state index contributed by atoms with van der Waals surface area (Å²) in [6.07, 6.45) is 3.30. The summed E-state index contributed by atoms with van der Waals surface area (Å²) >= 11 is 6.35. The third-order valence-corrected chi connectivity index (χ3v) is 6.36. The largest absolute Gasteiger partial charge is 0.349 e. The van der Waals surface area contributed by atoms with Crippen LogP contribution in [-0.4, -0.2) is 35.0 Å². The van der Waals surface area contributed by atoms with Gasteiger partial charge < -0.3 is 9.88 Å². The van der Waals surface area contributed by atoms with Gasteiger partial charge in [-0.2, -0.15) is 0 Å². The Kier molecular flexibility index (Phi) is 4.61. The Bertz CT molecular complexity index is 1020. The molecule has 3 aromatic rings. The average Bonchev–Trinajstić information content (AvgIpc) is 3.34. The highest BCUT2D eigenvalue weighted by Gasteiger charge is 2.30. The van der Waals surface area contributed by atoms with E-state index < -0.39 is 0 Å². The maximum Gasteiger partial charge on any atom is 0.268 e. The zero-order valence-electron chi connectivity index (χ0n) is 15.8. The van der Waals surface area contributed by atoms with E-state index in [1.54, 1.807) is 0 Å². The smallest absolute Gasteiger partial charge is 0.268 e. The maximum absolute atomic E-state index is 12.8. The Morgan fingerprint density at radius 2 is 1.82 bits per heavy atom. The Labute approximate surface area is 170 Å². The molecular weight excluding hydrogens is 370 g/mol. The topological polar surface area (TPSA) is 37.3 Å². The fourth-order valence-electron chi connectivity index (χ4n) is 4.84. The summed E-state index contributed by atoms with van der Waals surface area (Å²) in [5.74, 6) is 0.0295. The lowest BCUT2D eigenvalue weighted by molar-refractivity contribution is 0.0927. The summed E-state index contributed by atoms with van der Waals surface area (Å²) in [5.41, 5.74) is 4.35. The maximum atomic E-state index is 12.8. The summed E-state index contributed by atoms with van der Waals surface area (Å²) in [6.45, 7) is 3.70. The highest BCUT2D eigenvalue weighted by molar-refractivity contribution is 6.31. The van der Waals surface area contributed by atoms with Gasteiger partial charge in [0.15, 0.2) is 0 Å². The molecule has 1 unspecified atom stereocenters. The number of amides is 1. The minimum atomic E-state index is 0.0295. The van der Waals surface area contributed by atoms with Crippen molar-refractivity contribution >= 4 is 28.4 Å². The van der Waals surface area contributed by atoms with E-state index in [0.29, 0.717) is 6.54 Å². The van der Waals surface area contributed by atoms with Gasteiger partial charge in [0.05, 0.1) is 0 Å². The van der Waals surface area contributed by atoms with Crippen LogP contribution in [0.2, 0.25) is 5.02 Å². The Morgan fingerprint density at radius 3 is 2.61 bits per heavy atom. The van der Waals surface area contributed by atoms with E-state index in [-0.39, 0.29) is 11.9 Å². The van der Waals surface area contributed by atoms with Crippen LogP contribution in [-0.2, 0) is 13.0 Å². The van der Waals surface area contributed by atoms with Gasteiger partial charge in [0.2, 0.25) is 0 Å². The fraction of sp³-hybridized carbons (Fsp3) is 0.348. The lowest BCUT2D eigenvalue weighted by Gasteiger charge is -2.29. The number of hydrogen-bond acceptors (Lipinski definition) is 2. The third-order valence-electron chi connectivity index (χ3n) is 6.13. The molecule has 0 spiro atoms. The number of carbonyl (C=O) groups excluding carboxylic acids is 1. The van der Waals surface area contributed by atoms with E-state index in [0.717, 1.165) is 53.2 Å². The molecule has 1 fully saturated rings. The van der Waals surface area contributed by atoms with E-state index in [1.165, 1.54) is 18.4 Å². The third kappa shape index (κ3) is 3.01. The number of benzene rings is 2. The average molecular weight is 394 g/mol. The number of likely N-dealkylation sites (tertiary alicyclic amines) is 1. The van der Waals surface area contributed by atoms with Crippen molar-refractivity contribution in [1.29, 1.82) is 0 Å². The predicted octanol–water partition coefficient (Wildman–Crippen LogP) is 4.42. The van der Waals surface area contributed by atoms with E-state index in [4.69, 9.17) is 11.6 Å². The molecule has 144 valence electrons. The molecule has 28 heavy (non-hydrogen) atoms. The van der Waals surface area contributed by atoms with Gasteiger partial charge in [0, 0.05) is 35.1 Å². The van der Waals surface area contributed by atoms with Crippen molar-refractivity contribution in [3.05, 3.63) is 70.4 Å². The predicted molar refractivity (Wildman–Crippen MR) is 113 cm³/mol. The van der Waals surface area contributed by atoms with Crippen molar-refractivity contribution in [1.82, 2.24) is 14.8 Å². The molecule has 2 aliphatic rings. The van der Waals surface area contributed by atoms with Crippen molar-refractivity contribution in [2.45, 2.75) is 31.8 Å². The first-order valence-electron chi connectivity index (χ1n) is 10.1. The first-order valence-corrected chi connectivity index (χ1v) is 10.5. The zero-order valence-corrected chi connectivity index (χ0v) is 16.6. The summed E-state index contributed by atoms with van der Waals surface area (Å²) in [5, 5.41) is 4.86. The number of hydrogen-bond donors (Lipinski definition) is 1. The number of carbonyl (C=O) groups is 1. The van der Waals surface area contributed by atoms with E-state index in [9.17, 15) is 4.79 Å². The molecular formula is C23H24ClN3O. The molecule has 5 heteroatoms. The van der Waals surface area contributed by atoms with Gasteiger partial charge in [0.1, 0.15) is 5.69 Å². The highest BCUT2D eigenvalue weighted by Crippen LogP contribution is 2.36. The molecule has 1 amide bonds. The fourth-order valence-corrected chi connectivity index (χ4v) is 5.01. The minimum Gasteiger partial charge on any atom is -0.349 e. The van der Waals surface area contributed by atoms with Crippen LogP contribution in [0.4, 0.5) is 0 Å². The molecule has 0 radical (unpaired) electrons. The first-order chi connectivity index (χ1) is 13.7. The highest BCUT2D eigenvalue weighted by atomic mass is 35.5. The van der Waals surface area contributed by atoms with Crippen LogP contribution in [0, 0.1) is 0 Å². The van der Waals surface area contributed by atoms with Crippen LogP contribution in [0.15, 0.2) is 48.5 Å². The van der Waals surface area contributed by atoms with Crippen molar-refractivity contribution in [3.63, 3.8) is 0 Å². The molecule has 0 bridgehead atoms. The SMILES string of the molecule is O=C1NCCn2c1c(CC(c1ccccc1)N1CCCC1)c1cc(Cl)ccc12. The quantitative estimate of drug-likeness (QED) is 0.712. The molecule has 2 aromatic carbocycles. The van der Waals surface area contributed by atoms with Crippen LogP contribution in [0.1, 0.15) is 40.5 Å². The van der Waals surface area contributed by atoms with Gasteiger partial charge in [-0.05, 0) is 61.7 Å². The van der Waals surface area contributed by atoms with Gasteiger partial charge >= 0.3 is 0 Å². The van der Waals surface area contributed by atoms with Crippen molar-refractivity contribution in [2.75, 3.05) is 19.6 Å². The molecule has 5 rings (SSSR count). The summed E-state index contributed by atoms with van der Waals surface area (Å²) in [4.78, 5) is 15.4. The van der Waals surface area contributed by atoms with Crippen LogP contribution < -0.4 is 5.32 Å². The first kappa shape index (κ1) is 17.8. The Morgan fingerprint density at radius 1 is 1.04 bits per heavy atom. The van der Waals surface area contributed by atoms with E-state index in [2.05, 4.69) is 51.2 Å². The summed E-state index contributed by atoms with van der Waals surface area (Å²) < 4.78 is 2.17. The van der Waals surface area contributed by atoms with Crippen LogP contribution in [0.5, 0.6) is 0 Å². The van der Waals surface area contributed by atoms with Gasteiger partial charge in [-0.3, -0.25) is 9.69 Å². The van der Waals surface area contributed by atoms with Crippen molar-refractivity contribution < 1.29 is 4.79 Å². The minimum absolute atomic E-state index is 0.0295. The lowest BCUT2D eigenvalue weighted by Crippen LogP contribution is -2.36.